The molecular weight excluding hydrogens is 266 g/mol. The Morgan fingerprint density at radius 3 is 2.86 bits per heavy atom. The van der Waals surface area contributed by atoms with Crippen molar-refractivity contribution in [1.82, 2.24) is 4.90 Å². The van der Waals surface area contributed by atoms with E-state index in [1.54, 1.807) is 24.3 Å². The number of Topliss-reactive ketones (excluding diaryl/α,β-unsaturated/α-hetero) is 1. The summed E-state index contributed by atoms with van der Waals surface area (Å²) in [6.45, 7) is 4.50. The minimum absolute atomic E-state index is 0.00569. The summed E-state index contributed by atoms with van der Waals surface area (Å²) in [5, 5.41) is 0. The van der Waals surface area contributed by atoms with Gasteiger partial charge in [0.2, 0.25) is 0 Å². The molecule has 2 rings (SSSR count). The molecule has 21 heavy (non-hydrogen) atoms. The van der Waals surface area contributed by atoms with E-state index in [4.69, 9.17) is 4.74 Å². The van der Waals surface area contributed by atoms with Crippen LogP contribution in [0.4, 0.5) is 0 Å². The third-order valence-electron chi connectivity index (χ3n) is 4.02. The highest BCUT2D eigenvalue weighted by Crippen LogP contribution is 2.20. The van der Waals surface area contributed by atoms with Crippen molar-refractivity contribution >= 4 is 11.7 Å². The van der Waals surface area contributed by atoms with Crippen molar-refractivity contribution in [2.75, 3.05) is 13.2 Å². The fourth-order valence-electron chi connectivity index (χ4n) is 2.79. The Labute approximate surface area is 126 Å². The molecule has 1 aromatic rings. The largest absolute Gasteiger partial charge is 0.484 e. The molecule has 1 heterocycles. The Morgan fingerprint density at radius 2 is 2.14 bits per heavy atom. The van der Waals surface area contributed by atoms with Crippen LogP contribution in [0.2, 0.25) is 0 Å². The van der Waals surface area contributed by atoms with Gasteiger partial charge in [0.1, 0.15) is 5.75 Å². The summed E-state index contributed by atoms with van der Waals surface area (Å²) in [6.07, 6.45) is 4.35. The number of carbonyl (C=O) groups excluding carboxylic acids is 2. The monoisotopic (exact) mass is 289 g/mol. The van der Waals surface area contributed by atoms with Crippen molar-refractivity contribution in [3.8, 4) is 5.75 Å². The zero-order valence-electron chi connectivity index (χ0n) is 12.8. The quantitative estimate of drug-likeness (QED) is 0.783. The third-order valence-corrected chi connectivity index (χ3v) is 4.02. The number of carbonyl (C=O) groups is 2. The molecule has 1 aliphatic rings. The van der Waals surface area contributed by atoms with Crippen LogP contribution in [-0.4, -0.2) is 35.8 Å². The molecule has 0 aromatic heterocycles. The average Bonchev–Trinajstić information content (AvgIpc) is 2.52. The summed E-state index contributed by atoms with van der Waals surface area (Å²) in [4.78, 5) is 25.6. The van der Waals surface area contributed by atoms with Gasteiger partial charge in [0.25, 0.3) is 5.91 Å². The van der Waals surface area contributed by atoms with Gasteiger partial charge in [-0.15, -0.1) is 0 Å². The summed E-state index contributed by atoms with van der Waals surface area (Å²) in [5.74, 6) is 0.602. The van der Waals surface area contributed by atoms with Crippen LogP contribution in [0.25, 0.3) is 0 Å². The lowest BCUT2D eigenvalue weighted by Gasteiger charge is -2.35. The Hall–Kier alpha value is -1.84. The molecule has 0 bridgehead atoms. The molecule has 4 heteroatoms. The molecule has 1 aromatic carbocycles. The lowest BCUT2D eigenvalue weighted by molar-refractivity contribution is -0.137. The molecule has 1 fully saturated rings. The van der Waals surface area contributed by atoms with Crippen LogP contribution in [0.1, 0.15) is 49.9 Å². The van der Waals surface area contributed by atoms with Gasteiger partial charge >= 0.3 is 0 Å². The van der Waals surface area contributed by atoms with Crippen LogP contribution in [0.15, 0.2) is 24.3 Å². The van der Waals surface area contributed by atoms with Gasteiger partial charge < -0.3 is 9.64 Å². The van der Waals surface area contributed by atoms with Gasteiger partial charge in [-0.25, -0.2) is 0 Å². The predicted molar refractivity (Wildman–Crippen MR) is 81.6 cm³/mol. The number of ether oxygens (including phenoxy) is 1. The molecular formula is C17H23NO3. The number of benzene rings is 1. The predicted octanol–water partition coefficient (Wildman–Crippen LogP) is 3.06. The molecule has 4 nitrogen and oxygen atoms in total. The van der Waals surface area contributed by atoms with Crippen molar-refractivity contribution in [3.63, 3.8) is 0 Å². The normalized spacial score (nSPS) is 18.4. The lowest BCUT2D eigenvalue weighted by Crippen LogP contribution is -2.45. The number of likely N-dealkylation sites (tertiary alicyclic amines) is 1. The van der Waals surface area contributed by atoms with Crippen LogP contribution < -0.4 is 4.74 Å². The van der Waals surface area contributed by atoms with Gasteiger partial charge in [-0.3, -0.25) is 9.59 Å². The maximum Gasteiger partial charge on any atom is 0.260 e. The first kappa shape index (κ1) is 15.5. The highest BCUT2D eigenvalue weighted by atomic mass is 16.5. The second-order valence-electron chi connectivity index (χ2n) is 5.52. The Bertz CT molecular complexity index is 513. The molecule has 114 valence electrons. The van der Waals surface area contributed by atoms with Crippen LogP contribution >= 0.6 is 0 Å². The number of piperidine rings is 1. The number of rotatable bonds is 5. The minimum Gasteiger partial charge on any atom is -0.484 e. The van der Waals surface area contributed by atoms with Gasteiger partial charge in [-0.2, -0.15) is 0 Å². The Balaban J connectivity index is 1.94. The Kier molecular flexibility index (Phi) is 5.37. The van der Waals surface area contributed by atoms with Crippen molar-refractivity contribution in [2.45, 2.75) is 45.6 Å². The van der Waals surface area contributed by atoms with E-state index in [0.717, 1.165) is 25.8 Å². The number of amides is 1. The fourth-order valence-corrected chi connectivity index (χ4v) is 2.79. The fraction of sp³-hybridized carbons (Fsp3) is 0.529. The van der Waals surface area contributed by atoms with Gasteiger partial charge in [0.15, 0.2) is 12.4 Å². The average molecular weight is 289 g/mol. The summed E-state index contributed by atoms with van der Waals surface area (Å²) < 4.78 is 5.56. The van der Waals surface area contributed by atoms with E-state index >= 15 is 0 Å². The van der Waals surface area contributed by atoms with Crippen molar-refractivity contribution in [2.24, 2.45) is 0 Å². The van der Waals surface area contributed by atoms with Crippen molar-refractivity contribution in [1.29, 1.82) is 0 Å². The van der Waals surface area contributed by atoms with Crippen LogP contribution in [0.5, 0.6) is 5.75 Å². The summed E-state index contributed by atoms with van der Waals surface area (Å²) in [6, 6.07) is 7.32. The lowest BCUT2D eigenvalue weighted by atomic mass is 10.00. The van der Waals surface area contributed by atoms with E-state index in [2.05, 4.69) is 6.92 Å². The van der Waals surface area contributed by atoms with E-state index in [1.165, 1.54) is 13.3 Å². The second kappa shape index (κ2) is 7.25. The van der Waals surface area contributed by atoms with E-state index in [0.29, 0.717) is 17.4 Å². The number of ketones is 1. The molecule has 1 amide bonds. The molecule has 0 spiro atoms. The SMILES string of the molecule is CCC1CCCCN1C(=O)COc1cccc(C(C)=O)c1. The Morgan fingerprint density at radius 1 is 1.33 bits per heavy atom. The topological polar surface area (TPSA) is 46.6 Å². The van der Waals surface area contributed by atoms with Crippen LogP contribution in [0.3, 0.4) is 0 Å². The molecule has 0 radical (unpaired) electrons. The van der Waals surface area contributed by atoms with Crippen molar-refractivity contribution < 1.29 is 14.3 Å². The van der Waals surface area contributed by atoms with Gasteiger partial charge in [0.05, 0.1) is 0 Å². The first-order valence-electron chi connectivity index (χ1n) is 7.65. The van der Waals surface area contributed by atoms with E-state index in [-0.39, 0.29) is 18.3 Å². The standard InChI is InChI=1S/C17H23NO3/c1-3-15-8-4-5-10-18(15)17(20)12-21-16-9-6-7-14(11-16)13(2)19/h6-7,9,11,15H,3-5,8,10,12H2,1-2H3. The third kappa shape index (κ3) is 4.06. The van der Waals surface area contributed by atoms with Crippen LogP contribution in [0, 0.1) is 0 Å². The molecule has 1 aliphatic heterocycles. The van der Waals surface area contributed by atoms with Gasteiger partial charge in [0, 0.05) is 18.2 Å². The maximum atomic E-state index is 12.3. The second-order valence-corrected chi connectivity index (χ2v) is 5.52. The zero-order chi connectivity index (χ0) is 15.2. The van der Waals surface area contributed by atoms with E-state index < -0.39 is 0 Å². The highest BCUT2D eigenvalue weighted by Gasteiger charge is 2.25. The first-order chi connectivity index (χ1) is 10.1. The molecule has 1 atom stereocenters. The zero-order valence-corrected chi connectivity index (χ0v) is 12.8. The van der Waals surface area contributed by atoms with Gasteiger partial charge in [-0.1, -0.05) is 19.1 Å². The van der Waals surface area contributed by atoms with E-state index in [1.807, 2.05) is 4.90 Å². The number of nitrogens with zero attached hydrogens (tertiary/aromatic N) is 1. The number of hydrogen-bond acceptors (Lipinski definition) is 3. The van der Waals surface area contributed by atoms with Crippen molar-refractivity contribution in [3.05, 3.63) is 29.8 Å². The molecule has 1 unspecified atom stereocenters. The molecule has 0 N–H and O–H groups in total. The minimum atomic E-state index is -0.00569. The molecule has 0 aliphatic carbocycles. The highest BCUT2D eigenvalue weighted by molar-refractivity contribution is 5.94. The summed E-state index contributed by atoms with van der Waals surface area (Å²) >= 11 is 0. The van der Waals surface area contributed by atoms with Gasteiger partial charge in [-0.05, 0) is 44.7 Å². The number of hydrogen-bond donors (Lipinski definition) is 0. The van der Waals surface area contributed by atoms with E-state index in [9.17, 15) is 9.59 Å². The first-order valence-corrected chi connectivity index (χ1v) is 7.65. The summed E-state index contributed by atoms with van der Waals surface area (Å²) in [5.41, 5.74) is 0.601. The maximum absolute atomic E-state index is 12.3. The van der Waals surface area contributed by atoms with Crippen LogP contribution in [-0.2, 0) is 4.79 Å². The summed E-state index contributed by atoms with van der Waals surface area (Å²) in [7, 11) is 0. The smallest absolute Gasteiger partial charge is 0.260 e. The molecule has 0 saturated carbocycles. The molecule has 1 saturated heterocycles.